The SMILES string of the molecule is CS/C(=C\C(C)=O)C(C#N)c1cn(C)c2ccccc12. The van der Waals surface area contributed by atoms with Gasteiger partial charge in [0.25, 0.3) is 0 Å². The predicted octanol–water partition coefficient (Wildman–Crippen LogP) is 3.62. The number of fused-ring (bicyclic) bond motifs is 1. The van der Waals surface area contributed by atoms with Crippen LogP contribution in [0.4, 0.5) is 0 Å². The summed E-state index contributed by atoms with van der Waals surface area (Å²) in [6, 6.07) is 10.3. The third-order valence-electron chi connectivity index (χ3n) is 3.23. The molecule has 0 radical (unpaired) electrons. The Kier molecular flexibility index (Phi) is 4.31. The van der Waals surface area contributed by atoms with Crippen molar-refractivity contribution in [2.75, 3.05) is 6.26 Å². The Morgan fingerprint density at radius 1 is 1.45 bits per heavy atom. The summed E-state index contributed by atoms with van der Waals surface area (Å²) in [6.45, 7) is 1.51. The maximum atomic E-state index is 11.3. The average Bonchev–Trinajstić information content (AvgIpc) is 2.76. The zero-order valence-corrected chi connectivity index (χ0v) is 12.6. The minimum atomic E-state index is -0.403. The quantitative estimate of drug-likeness (QED) is 0.805. The van der Waals surface area contributed by atoms with Crippen molar-refractivity contribution in [3.8, 4) is 6.07 Å². The molecule has 2 rings (SSSR count). The van der Waals surface area contributed by atoms with Crippen LogP contribution in [0.5, 0.6) is 0 Å². The smallest absolute Gasteiger partial charge is 0.153 e. The van der Waals surface area contributed by atoms with Gasteiger partial charge >= 0.3 is 0 Å². The molecule has 20 heavy (non-hydrogen) atoms. The molecule has 4 heteroatoms. The molecular formula is C16H16N2OS. The Hall–Kier alpha value is -1.99. The number of hydrogen-bond acceptors (Lipinski definition) is 3. The lowest BCUT2D eigenvalue weighted by Gasteiger charge is -2.10. The highest BCUT2D eigenvalue weighted by Crippen LogP contribution is 2.35. The van der Waals surface area contributed by atoms with Crippen molar-refractivity contribution in [2.45, 2.75) is 12.8 Å². The van der Waals surface area contributed by atoms with Crippen LogP contribution in [0.1, 0.15) is 18.4 Å². The van der Waals surface area contributed by atoms with Crippen LogP contribution in [0.15, 0.2) is 41.4 Å². The van der Waals surface area contributed by atoms with Gasteiger partial charge in [-0.25, -0.2) is 0 Å². The van der Waals surface area contributed by atoms with Gasteiger partial charge in [-0.1, -0.05) is 18.2 Å². The lowest BCUT2D eigenvalue weighted by Crippen LogP contribution is -1.99. The molecule has 102 valence electrons. The number of aromatic nitrogens is 1. The minimum Gasteiger partial charge on any atom is -0.350 e. The average molecular weight is 284 g/mol. The van der Waals surface area contributed by atoms with E-state index in [2.05, 4.69) is 6.07 Å². The topological polar surface area (TPSA) is 45.8 Å². The number of para-hydroxylation sites is 1. The van der Waals surface area contributed by atoms with Crippen LogP contribution < -0.4 is 0 Å². The number of carbonyl (C=O) groups excluding carboxylic acids is 1. The number of ketones is 1. The van der Waals surface area contributed by atoms with Crippen molar-refractivity contribution in [1.29, 1.82) is 5.26 Å². The van der Waals surface area contributed by atoms with Crippen LogP contribution in [0, 0.1) is 11.3 Å². The van der Waals surface area contributed by atoms with E-state index in [-0.39, 0.29) is 5.78 Å². The van der Waals surface area contributed by atoms with Gasteiger partial charge in [-0.05, 0) is 30.9 Å². The number of nitriles is 1. The molecule has 1 aromatic carbocycles. The maximum Gasteiger partial charge on any atom is 0.153 e. The standard InChI is InChI=1S/C16H16N2OS/c1-11(19)8-16(20-3)13(9-17)14-10-18(2)15-7-5-4-6-12(14)15/h4-8,10,13H,1-3H3/b16-8-. The van der Waals surface area contributed by atoms with Crippen LogP contribution in [0.25, 0.3) is 10.9 Å². The summed E-state index contributed by atoms with van der Waals surface area (Å²) >= 11 is 1.45. The minimum absolute atomic E-state index is 0.0326. The molecule has 0 N–H and O–H groups in total. The van der Waals surface area contributed by atoms with Gasteiger partial charge in [0.2, 0.25) is 0 Å². The molecule has 0 fully saturated rings. The van der Waals surface area contributed by atoms with Crippen molar-refractivity contribution >= 4 is 28.4 Å². The van der Waals surface area contributed by atoms with Crippen LogP contribution >= 0.6 is 11.8 Å². The number of benzene rings is 1. The summed E-state index contributed by atoms with van der Waals surface area (Å²) in [6.07, 6.45) is 5.42. The fourth-order valence-electron chi connectivity index (χ4n) is 2.35. The lowest BCUT2D eigenvalue weighted by molar-refractivity contribution is -0.112. The van der Waals surface area contributed by atoms with E-state index in [1.807, 2.05) is 48.3 Å². The molecule has 0 aliphatic heterocycles. The van der Waals surface area contributed by atoms with Crippen molar-refractivity contribution in [3.05, 3.63) is 47.0 Å². The van der Waals surface area contributed by atoms with Crippen LogP contribution in [0.2, 0.25) is 0 Å². The van der Waals surface area contributed by atoms with Gasteiger partial charge < -0.3 is 4.57 Å². The Balaban J connectivity index is 2.61. The molecule has 2 aromatic rings. The number of aryl methyl sites for hydroxylation is 1. The van der Waals surface area contributed by atoms with Gasteiger partial charge in [0.1, 0.15) is 5.92 Å². The van der Waals surface area contributed by atoms with E-state index >= 15 is 0 Å². The maximum absolute atomic E-state index is 11.3. The van der Waals surface area contributed by atoms with E-state index in [0.717, 1.165) is 21.4 Å². The first kappa shape index (κ1) is 14.4. The first-order chi connectivity index (χ1) is 9.58. The zero-order chi connectivity index (χ0) is 14.7. The third-order valence-corrected chi connectivity index (χ3v) is 4.06. The highest BCUT2D eigenvalue weighted by molar-refractivity contribution is 8.02. The number of thioether (sulfide) groups is 1. The van der Waals surface area contributed by atoms with Gasteiger partial charge in [0.15, 0.2) is 5.78 Å². The summed E-state index contributed by atoms with van der Waals surface area (Å²) in [7, 11) is 1.97. The first-order valence-corrected chi connectivity index (χ1v) is 7.50. The fourth-order valence-corrected chi connectivity index (χ4v) is 3.05. The van der Waals surface area contributed by atoms with Crippen molar-refractivity contribution in [1.82, 2.24) is 4.57 Å². The van der Waals surface area contributed by atoms with E-state index in [9.17, 15) is 10.1 Å². The van der Waals surface area contributed by atoms with Gasteiger partial charge in [0, 0.05) is 29.1 Å². The molecule has 0 spiro atoms. The summed E-state index contributed by atoms with van der Waals surface area (Å²) in [5, 5.41) is 10.6. The number of hydrogen-bond donors (Lipinski definition) is 0. The largest absolute Gasteiger partial charge is 0.350 e. The molecule has 1 heterocycles. The first-order valence-electron chi connectivity index (χ1n) is 6.28. The second-order valence-electron chi connectivity index (χ2n) is 4.64. The molecule has 0 aliphatic rings. The second kappa shape index (κ2) is 5.98. The van der Waals surface area contributed by atoms with E-state index in [1.165, 1.54) is 18.7 Å². The Morgan fingerprint density at radius 2 is 2.15 bits per heavy atom. The molecule has 0 bridgehead atoms. The molecule has 0 saturated heterocycles. The monoisotopic (exact) mass is 284 g/mol. The van der Waals surface area contributed by atoms with E-state index in [1.54, 1.807) is 6.08 Å². The van der Waals surface area contributed by atoms with Gasteiger partial charge in [-0.15, -0.1) is 11.8 Å². The number of nitrogens with zero attached hydrogens (tertiary/aromatic N) is 2. The van der Waals surface area contributed by atoms with Crippen LogP contribution in [-0.4, -0.2) is 16.6 Å². The number of rotatable bonds is 4. The summed E-state index contributed by atoms with van der Waals surface area (Å²) < 4.78 is 2.01. The highest BCUT2D eigenvalue weighted by atomic mass is 32.2. The highest BCUT2D eigenvalue weighted by Gasteiger charge is 2.20. The lowest BCUT2D eigenvalue weighted by atomic mass is 9.99. The molecule has 0 aliphatic carbocycles. The van der Waals surface area contributed by atoms with Crippen molar-refractivity contribution < 1.29 is 4.79 Å². The molecule has 0 amide bonds. The molecule has 1 unspecified atom stereocenters. The molecule has 0 saturated carbocycles. The van der Waals surface area contributed by atoms with Gasteiger partial charge in [0.05, 0.1) is 6.07 Å². The normalized spacial score (nSPS) is 13.2. The van der Waals surface area contributed by atoms with Gasteiger partial charge in [-0.2, -0.15) is 5.26 Å². The third kappa shape index (κ3) is 2.63. The zero-order valence-electron chi connectivity index (χ0n) is 11.8. The second-order valence-corrected chi connectivity index (χ2v) is 5.52. The Bertz CT molecular complexity index is 722. The van der Waals surface area contributed by atoms with Crippen LogP contribution in [0.3, 0.4) is 0 Å². The van der Waals surface area contributed by atoms with E-state index in [0.29, 0.717) is 0 Å². The number of allylic oxidation sites excluding steroid dienone is 2. The summed E-state index contributed by atoms with van der Waals surface area (Å²) in [5.41, 5.74) is 2.04. The molecular weight excluding hydrogens is 268 g/mol. The van der Waals surface area contributed by atoms with Gasteiger partial charge in [-0.3, -0.25) is 4.79 Å². The van der Waals surface area contributed by atoms with E-state index < -0.39 is 5.92 Å². The molecule has 1 atom stereocenters. The Morgan fingerprint density at radius 3 is 2.75 bits per heavy atom. The van der Waals surface area contributed by atoms with Crippen molar-refractivity contribution in [3.63, 3.8) is 0 Å². The van der Waals surface area contributed by atoms with Crippen LogP contribution in [-0.2, 0) is 11.8 Å². The summed E-state index contributed by atoms with van der Waals surface area (Å²) in [4.78, 5) is 12.1. The van der Waals surface area contributed by atoms with E-state index in [4.69, 9.17) is 0 Å². The fraction of sp³-hybridized carbons (Fsp3) is 0.250. The Labute approximate surface area is 122 Å². The predicted molar refractivity (Wildman–Crippen MR) is 83.6 cm³/mol. The van der Waals surface area contributed by atoms with Crippen molar-refractivity contribution in [2.24, 2.45) is 7.05 Å². The molecule has 1 aromatic heterocycles. The number of carbonyl (C=O) groups is 1. The molecule has 3 nitrogen and oxygen atoms in total. The summed E-state index contributed by atoms with van der Waals surface area (Å²) in [5.74, 6) is -0.435.